The van der Waals surface area contributed by atoms with Gasteiger partial charge >= 0.3 is 0 Å². The summed E-state index contributed by atoms with van der Waals surface area (Å²) in [7, 11) is 0. The molecule has 0 aliphatic heterocycles. The number of hydrogen-bond donors (Lipinski definition) is 1. The summed E-state index contributed by atoms with van der Waals surface area (Å²) in [5.41, 5.74) is 1.78. The molecule has 0 aromatic heterocycles. The third kappa shape index (κ3) is 5.11. The van der Waals surface area contributed by atoms with Crippen molar-refractivity contribution in [1.82, 2.24) is 5.32 Å². The summed E-state index contributed by atoms with van der Waals surface area (Å²) in [5, 5.41) is 3.58. The van der Waals surface area contributed by atoms with E-state index in [4.69, 9.17) is 0 Å². The molecule has 0 amide bonds. The van der Waals surface area contributed by atoms with Crippen LogP contribution in [0.15, 0.2) is 28.7 Å². The van der Waals surface area contributed by atoms with Crippen LogP contribution in [-0.2, 0) is 6.42 Å². The lowest BCUT2D eigenvalue weighted by atomic mass is 9.79. The summed E-state index contributed by atoms with van der Waals surface area (Å²) in [6.45, 7) is 9.12. The van der Waals surface area contributed by atoms with Crippen LogP contribution in [0.4, 0.5) is 0 Å². The number of benzene rings is 1. The fourth-order valence-electron chi connectivity index (χ4n) is 2.51. The van der Waals surface area contributed by atoms with Gasteiger partial charge in [0.25, 0.3) is 0 Å². The quantitative estimate of drug-likeness (QED) is 0.680. The van der Waals surface area contributed by atoms with E-state index in [0.29, 0.717) is 5.41 Å². The zero-order valence-electron chi connectivity index (χ0n) is 11.9. The van der Waals surface area contributed by atoms with Crippen LogP contribution >= 0.6 is 15.9 Å². The van der Waals surface area contributed by atoms with Gasteiger partial charge in [-0.25, -0.2) is 0 Å². The van der Waals surface area contributed by atoms with Gasteiger partial charge in [0.2, 0.25) is 0 Å². The zero-order valence-corrected chi connectivity index (χ0v) is 13.5. The van der Waals surface area contributed by atoms with E-state index in [1.165, 1.54) is 29.3 Å². The lowest BCUT2D eigenvalue weighted by Gasteiger charge is -2.30. The van der Waals surface area contributed by atoms with Crippen molar-refractivity contribution in [2.45, 2.75) is 46.5 Å². The summed E-state index contributed by atoms with van der Waals surface area (Å²) >= 11 is 3.66. The maximum Gasteiger partial charge on any atom is 0.0207 e. The summed E-state index contributed by atoms with van der Waals surface area (Å²) in [6, 6.07) is 8.59. The van der Waals surface area contributed by atoms with E-state index in [1.807, 2.05) is 0 Å². The van der Waals surface area contributed by atoms with E-state index in [2.05, 4.69) is 66.3 Å². The Morgan fingerprint density at radius 1 is 1.17 bits per heavy atom. The van der Waals surface area contributed by atoms with E-state index < -0.39 is 0 Å². The topological polar surface area (TPSA) is 12.0 Å². The first-order valence-corrected chi connectivity index (χ1v) is 7.84. The number of nitrogens with one attached hydrogen (secondary N) is 1. The Labute approximate surface area is 120 Å². The Kier molecular flexibility index (Phi) is 6.95. The Bertz CT molecular complexity index is 351. The van der Waals surface area contributed by atoms with E-state index in [1.54, 1.807) is 0 Å². The average Bonchev–Trinajstić information content (AvgIpc) is 2.33. The first kappa shape index (κ1) is 15.7. The average molecular weight is 312 g/mol. The highest BCUT2D eigenvalue weighted by Crippen LogP contribution is 2.30. The van der Waals surface area contributed by atoms with Gasteiger partial charge in [-0.1, -0.05) is 61.3 Å². The van der Waals surface area contributed by atoms with Gasteiger partial charge in [0.15, 0.2) is 0 Å². The maximum atomic E-state index is 3.66. The first-order chi connectivity index (χ1) is 8.61. The molecule has 0 saturated carbocycles. The minimum Gasteiger partial charge on any atom is -0.316 e. The molecule has 0 aliphatic rings. The van der Waals surface area contributed by atoms with Crippen LogP contribution in [0.3, 0.4) is 0 Å². The SMILES string of the molecule is CCCNCC(C)(CCC)Cc1ccccc1Br. The van der Waals surface area contributed by atoms with Crippen LogP contribution in [0.1, 0.15) is 45.6 Å². The summed E-state index contributed by atoms with van der Waals surface area (Å²) in [5.74, 6) is 0. The second-order valence-electron chi connectivity index (χ2n) is 5.51. The predicted octanol–water partition coefficient (Wildman–Crippen LogP) is 4.80. The molecule has 0 saturated heterocycles. The highest BCUT2D eigenvalue weighted by molar-refractivity contribution is 9.10. The molecule has 18 heavy (non-hydrogen) atoms. The van der Waals surface area contributed by atoms with Gasteiger partial charge in [0, 0.05) is 11.0 Å². The molecule has 1 aromatic rings. The van der Waals surface area contributed by atoms with Crippen LogP contribution in [-0.4, -0.2) is 13.1 Å². The molecule has 0 fully saturated rings. The normalized spacial score (nSPS) is 14.4. The Morgan fingerprint density at radius 2 is 1.89 bits per heavy atom. The van der Waals surface area contributed by atoms with Crippen molar-refractivity contribution in [2.24, 2.45) is 5.41 Å². The van der Waals surface area contributed by atoms with E-state index >= 15 is 0 Å². The third-order valence-electron chi connectivity index (χ3n) is 3.41. The third-order valence-corrected chi connectivity index (χ3v) is 4.18. The predicted molar refractivity (Wildman–Crippen MR) is 84.0 cm³/mol. The second kappa shape index (κ2) is 7.96. The van der Waals surface area contributed by atoms with E-state index in [0.717, 1.165) is 19.5 Å². The molecule has 1 aromatic carbocycles. The van der Waals surface area contributed by atoms with Crippen LogP contribution < -0.4 is 5.32 Å². The molecule has 102 valence electrons. The van der Waals surface area contributed by atoms with Crippen LogP contribution in [0.2, 0.25) is 0 Å². The Hall–Kier alpha value is -0.340. The fourth-order valence-corrected chi connectivity index (χ4v) is 2.94. The first-order valence-electron chi connectivity index (χ1n) is 7.05. The molecule has 0 spiro atoms. The molecule has 1 unspecified atom stereocenters. The van der Waals surface area contributed by atoms with Crippen molar-refractivity contribution in [1.29, 1.82) is 0 Å². The molecular weight excluding hydrogens is 286 g/mol. The van der Waals surface area contributed by atoms with Gasteiger partial charge < -0.3 is 5.32 Å². The van der Waals surface area contributed by atoms with E-state index in [-0.39, 0.29) is 0 Å². The van der Waals surface area contributed by atoms with Crippen LogP contribution in [0.25, 0.3) is 0 Å². The van der Waals surface area contributed by atoms with Gasteiger partial charge in [0.1, 0.15) is 0 Å². The van der Waals surface area contributed by atoms with Crippen molar-refractivity contribution in [3.05, 3.63) is 34.3 Å². The minimum atomic E-state index is 0.355. The second-order valence-corrected chi connectivity index (χ2v) is 6.36. The van der Waals surface area contributed by atoms with Crippen molar-refractivity contribution in [3.8, 4) is 0 Å². The number of hydrogen-bond acceptors (Lipinski definition) is 1. The van der Waals surface area contributed by atoms with Crippen LogP contribution in [0.5, 0.6) is 0 Å². The molecule has 2 heteroatoms. The van der Waals surface area contributed by atoms with Crippen molar-refractivity contribution in [2.75, 3.05) is 13.1 Å². The summed E-state index contributed by atoms with van der Waals surface area (Å²) in [6.07, 6.45) is 4.86. The van der Waals surface area contributed by atoms with Crippen LogP contribution in [0, 0.1) is 5.41 Å². The minimum absolute atomic E-state index is 0.355. The fraction of sp³-hybridized carbons (Fsp3) is 0.625. The van der Waals surface area contributed by atoms with Gasteiger partial charge in [-0.3, -0.25) is 0 Å². The van der Waals surface area contributed by atoms with Gasteiger partial charge in [-0.2, -0.15) is 0 Å². The zero-order chi connectivity index (χ0) is 13.4. The maximum absolute atomic E-state index is 3.66. The molecule has 1 nitrogen and oxygen atoms in total. The van der Waals surface area contributed by atoms with Gasteiger partial charge in [-0.15, -0.1) is 0 Å². The molecule has 1 atom stereocenters. The molecule has 1 N–H and O–H groups in total. The lowest BCUT2D eigenvalue weighted by Crippen LogP contribution is -2.34. The highest BCUT2D eigenvalue weighted by atomic mass is 79.9. The molecule has 1 rings (SSSR count). The van der Waals surface area contributed by atoms with E-state index in [9.17, 15) is 0 Å². The molecule has 0 aliphatic carbocycles. The van der Waals surface area contributed by atoms with Crippen molar-refractivity contribution >= 4 is 15.9 Å². The number of halogens is 1. The standard InChI is InChI=1S/C16H26BrN/c1-4-10-16(3,13-18-11-5-2)12-14-8-6-7-9-15(14)17/h6-9,18H,4-5,10-13H2,1-3H3. The monoisotopic (exact) mass is 311 g/mol. The number of rotatable bonds is 8. The van der Waals surface area contributed by atoms with Crippen molar-refractivity contribution in [3.63, 3.8) is 0 Å². The largest absolute Gasteiger partial charge is 0.316 e. The Morgan fingerprint density at radius 3 is 2.50 bits per heavy atom. The van der Waals surface area contributed by atoms with Gasteiger partial charge in [-0.05, 0) is 42.9 Å². The van der Waals surface area contributed by atoms with Crippen molar-refractivity contribution < 1.29 is 0 Å². The molecule has 0 heterocycles. The highest BCUT2D eigenvalue weighted by Gasteiger charge is 2.24. The lowest BCUT2D eigenvalue weighted by molar-refractivity contribution is 0.275. The summed E-state index contributed by atoms with van der Waals surface area (Å²) < 4.78 is 1.24. The molecule has 0 radical (unpaired) electrons. The van der Waals surface area contributed by atoms with Gasteiger partial charge in [0.05, 0.1) is 0 Å². The molecular formula is C16H26BrN. The summed E-state index contributed by atoms with van der Waals surface area (Å²) in [4.78, 5) is 0. The molecule has 0 bridgehead atoms. The smallest absolute Gasteiger partial charge is 0.0207 e. The Balaban J connectivity index is 2.69.